The van der Waals surface area contributed by atoms with Crippen molar-refractivity contribution in [3.63, 3.8) is 0 Å². The number of aliphatic imine (C=N–C) groups is 1. The molecule has 0 unspecified atom stereocenters. The molecule has 0 radical (unpaired) electrons. The molecular formula is C21H23F2N5O. The number of carbonyl (C=O) groups excluding carboxylic acids is 1. The maximum absolute atomic E-state index is 13.9. The molecule has 1 N–H and O–H groups in total. The molecule has 0 spiro atoms. The minimum atomic E-state index is -2.60. The van der Waals surface area contributed by atoms with Gasteiger partial charge in [0.15, 0.2) is 0 Å². The number of nitrogens with zero attached hydrogens (tertiary/aromatic N) is 4. The highest BCUT2D eigenvalue weighted by molar-refractivity contribution is 6.04. The second-order valence-electron chi connectivity index (χ2n) is 7.26. The van der Waals surface area contributed by atoms with Gasteiger partial charge in [0.05, 0.1) is 6.20 Å². The van der Waals surface area contributed by atoms with E-state index in [0.29, 0.717) is 36.2 Å². The van der Waals surface area contributed by atoms with E-state index in [1.165, 1.54) is 0 Å². The molecule has 2 aliphatic rings. The minimum Gasteiger partial charge on any atom is -0.354 e. The number of amides is 1. The number of hydrogen-bond donors (Lipinski definition) is 1. The summed E-state index contributed by atoms with van der Waals surface area (Å²) in [5.74, 6) is 0.515. The maximum Gasteiger partial charge on any atom is 0.269 e. The van der Waals surface area contributed by atoms with Crippen LogP contribution in [0.15, 0.2) is 41.3 Å². The van der Waals surface area contributed by atoms with E-state index in [9.17, 15) is 13.6 Å². The normalized spacial score (nSPS) is 16.4. The van der Waals surface area contributed by atoms with Gasteiger partial charge in [-0.2, -0.15) is 5.10 Å². The van der Waals surface area contributed by atoms with Crippen LogP contribution in [0, 0.1) is 0 Å². The first kappa shape index (κ1) is 19.3. The highest BCUT2D eigenvalue weighted by Gasteiger charge is 2.27. The van der Waals surface area contributed by atoms with Gasteiger partial charge in [-0.05, 0) is 42.5 Å². The molecule has 29 heavy (non-hydrogen) atoms. The van der Waals surface area contributed by atoms with Crippen molar-refractivity contribution < 1.29 is 13.6 Å². The second kappa shape index (κ2) is 7.77. The number of likely N-dealkylation sites (N-methyl/N-ethyl adjacent to an activating group) is 1. The van der Waals surface area contributed by atoms with Crippen molar-refractivity contribution >= 4 is 17.4 Å². The highest BCUT2D eigenvalue weighted by atomic mass is 19.3. The lowest BCUT2D eigenvalue weighted by Gasteiger charge is -2.34. The minimum absolute atomic E-state index is 0.0119. The third-order valence-electron chi connectivity index (χ3n) is 5.35. The molecule has 152 valence electrons. The molecule has 0 saturated carbocycles. The standard InChI is InChI=1S/C21H23F2N5O/c1-24-21(29)17-6-3-7-19(26-17)28-8-4-5-13-9-15(14-11-25-27(2)12-14)16(20(22)23)10-18(13)28/h6,9-12,20H,3-5,7-8H2,1-2H3,(H,24,29). The van der Waals surface area contributed by atoms with Crippen LogP contribution in [0.25, 0.3) is 11.1 Å². The molecule has 1 amide bonds. The molecule has 1 aromatic carbocycles. The third kappa shape index (κ3) is 3.66. The fourth-order valence-corrected chi connectivity index (χ4v) is 3.95. The Morgan fingerprint density at radius 2 is 2.10 bits per heavy atom. The first-order valence-corrected chi connectivity index (χ1v) is 9.69. The summed E-state index contributed by atoms with van der Waals surface area (Å²) in [4.78, 5) is 18.5. The largest absolute Gasteiger partial charge is 0.354 e. The van der Waals surface area contributed by atoms with Crippen molar-refractivity contribution in [3.8, 4) is 11.1 Å². The van der Waals surface area contributed by atoms with Crippen LogP contribution in [-0.2, 0) is 18.3 Å². The van der Waals surface area contributed by atoms with Crippen LogP contribution in [0.1, 0.15) is 36.8 Å². The second-order valence-corrected chi connectivity index (χ2v) is 7.26. The molecule has 6 nitrogen and oxygen atoms in total. The quantitative estimate of drug-likeness (QED) is 0.858. The molecule has 0 saturated heterocycles. The predicted octanol–water partition coefficient (Wildman–Crippen LogP) is 3.60. The number of hydrogen-bond acceptors (Lipinski definition) is 4. The third-order valence-corrected chi connectivity index (χ3v) is 5.35. The van der Waals surface area contributed by atoms with Crippen molar-refractivity contribution in [2.75, 3.05) is 18.5 Å². The van der Waals surface area contributed by atoms with E-state index < -0.39 is 6.43 Å². The van der Waals surface area contributed by atoms with E-state index >= 15 is 0 Å². The van der Waals surface area contributed by atoms with E-state index in [1.807, 2.05) is 17.0 Å². The zero-order valence-electron chi connectivity index (χ0n) is 16.5. The molecule has 0 atom stereocenters. The number of alkyl halides is 2. The van der Waals surface area contributed by atoms with E-state index in [1.54, 1.807) is 37.2 Å². The zero-order valence-corrected chi connectivity index (χ0v) is 16.5. The highest BCUT2D eigenvalue weighted by Crippen LogP contribution is 2.39. The number of amidine groups is 1. The molecule has 2 aliphatic heterocycles. The summed E-state index contributed by atoms with van der Waals surface area (Å²) < 4.78 is 29.5. The van der Waals surface area contributed by atoms with Crippen LogP contribution in [0.3, 0.4) is 0 Å². The van der Waals surface area contributed by atoms with Gasteiger partial charge in [-0.3, -0.25) is 9.48 Å². The number of halogens is 2. The molecule has 2 aromatic rings. The summed E-state index contributed by atoms with van der Waals surface area (Å²) >= 11 is 0. The summed E-state index contributed by atoms with van der Waals surface area (Å²) in [6.07, 6.45) is 5.65. The number of rotatable bonds is 3. The van der Waals surface area contributed by atoms with E-state index in [2.05, 4.69) is 15.4 Å². The van der Waals surface area contributed by atoms with E-state index in [4.69, 9.17) is 0 Å². The van der Waals surface area contributed by atoms with Crippen molar-refractivity contribution in [1.29, 1.82) is 0 Å². The lowest BCUT2D eigenvalue weighted by atomic mass is 9.92. The Hall–Kier alpha value is -3.03. The van der Waals surface area contributed by atoms with Gasteiger partial charge in [0.2, 0.25) is 0 Å². The fourth-order valence-electron chi connectivity index (χ4n) is 3.95. The van der Waals surface area contributed by atoms with Gasteiger partial charge < -0.3 is 10.2 Å². The van der Waals surface area contributed by atoms with Crippen molar-refractivity contribution in [1.82, 2.24) is 15.1 Å². The summed E-state index contributed by atoms with van der Waals surface area (Å²) in [5.41, 5.74) is 3.34. The summed E-state index contributed by atoms with van der Waals surface area (Å²) in [6, 6.07) is 3.45. The molecule has 1 aromatic heterocycles. The van der Waals surface area contributed by atoms with Gasteiger partial charge in [0.25, 0.3) is 12.3 Å². The number of fused-ring (bicyclic) bond motifs is 1. The van der Waals surface area contributed by atoms with Crippen LogP contribution in [0.2, 0.25) is 0 Å². The predicted molar refractivity (Wildman–Crippen MR) is 108 cm³/mol. The number of aromatic nitrogens is 2. The van der Waals surface area contributed by atoms with Crippen molar-refractivity contribution in [3.05, 3.63) is 47.4 Å². The van der Waals surface area contributed by atoms with Gasteiger partial charge in [0.1, 0.15) is 11.5 Å². The fraction of sp³-hybridized carbons (Fsp3) is 0.381. The lowest BCUT2D eigenvalue weighted by molar-refractivity contribution is -0.117. The number of carbonyl (C=O) groups is 1. The van der Waals surface area contributed by atoms with Crippen LogP contribution in [0.5, 0.6) is 0 Å². The van der Waals surface area contributed by atoms with Crippen LogP contribution in [0.4, 0.5) is 14.5 Å². The van der Waals surface area contributed by atoms with Gasteiger partial charge in [-0.1, -0.05) is 6.08 Å². The zero-order chi connectivity index (χ0) is 20.5. The topological polar surface area (TPSA) is 62.5 Å². The molecule has 0 bridgehead atoms. The Balaban J connectivity index is 1.78. The smallest absolute Gasteiger partial charge is 0.269 e. The Morgan fingerprint density at radius 3 is 2.79 bits per heavy atom. The maximum atomic E-state index is 13.9. The SMILES string of the molecule is CNC(=O)C1=CCCC(N2CCCc3cc(-c4cnn(C)c4)c(C(F)F)cc32)=N1. The molecule has 0 fully saturated rings. The van der Waals surface area contributed by atoms with Crippen molar-refractivity contribution in [2.24, 2.45) is 12.0 Å². The van der Waals surface area contributed by atoms with E-state index in [-0.39, 0.29) is 11.5 Å². The van der Waals surface area contributed by atoms with Crippen LogP contribution < -0.4 is 10.2 Å². The van der Waals surface area contributed by atoms with Gasteiger partial charge in [-0.15, -0.1) is 0 Å². The Kier molecular flexibility index (Phi) is 5.17. The molecular weight excluding hydrogens is 376 g/mol. The number of allylic oxidation sites excluding steroid dienone is 1. The number of aryl methyl sites for hydroxylation is 2. The number of nitrogens with one attached hydrogen (secondary N) is 1. The van der Waals surface area contributed by atoms with Crippen LogP contribution >= 0.6 is 0 Å². The Bertz CT molecular complexity index is 1010. The summed E-state index contributed by atoms with van der Waals surface area (Å²) in [6.45, 7) is 0.696. The van der Waals surface area contributed by atoms with Crippen LogP contribution in [-0.4, -0.2) is 35.1 Å². The Labute approximate surface area is 167 Å². The molecule has 8 heteroatoms. The number of benzene rings is 1. The summed E-state index contributed by atoms with van der Waals surface area (Å²) in [7, 11) is 3.34. The first-order valence-electron chi connectivity index (χ1n) is 9.69. The Morgan fingerprint density at radius 1 is 1.28 bits per heavy atom. The number of anilines is 1. The van der Waals surface area contributed by atoms with Crippen molar-refractivity contribution in [2.45, 2.75) is 32.1 Å². The monoisotopic (exact) mass is 399 g/mol. The first-order chi connectivity index (χ1) is 14.0. The average molecular weight is 399 g/mol. The molecule has 3 heterocycles. The molecule has 4 rings (SSSR count). The lowest BCUT2D eigenvalue weighted by Crippen LogP contribution is -2.37. The van der Waals surface area contributed by atoms with Gasteiger partial charge in [0, 0.05) is 50.1 Å². The van der Waals surface area contributed by atoms with Gasteiger partial charge >= 0.3 is 0 Å². The van der Waals surface area contributed by atoms with Gasteiger partial charge in [-0.25, -0.2) is 13.8 Å². The summed E-state index contributed by atoms with van der Waals surface area (Å²) in [5, 5.41) is 6.71. The van der Waals surface area contributed by atoms with E-state index in [0.717, 1.165) is 29.9 Å². The average Bonchev–Trinajstić information content (AvgIpc) is 3.17. The molecule has 0 aliphatic carbocycles.